The van der Waals surface area contributed by atoms with Crippen LogP contribution in [0, 0.1) is 5.92 Å². The summed E-state index contributed by atoms with van der Waals surface area (Å²) in [6.45, 7) is 3.05. The largest absolute Gasteiger partial charge is 0.508 e. The van der Waals surface area contributed by atoms with Crippen molar-refractivity contribution in [3.63, 3.8) is 0 Å². The zero-order valence-electron chi connectivity index (χ0n) is 27.8. The molecule has 1 heterocycles. The van der Waals surface area contributed by atoms with Crippen LogP contribution in [0.15, 0.2) is 42.5 Å². The molecule has 2 aromatic rings. The summed E-state index contributed by atoms with van der Waals surface area (Å²) in [6.07, 6.45) is 2.62. The van der Waals surface area contributed by atoms with E-state index in [0.717, 1.165) is 23.1 Å². The number of nitrogens with one attached hydrogen (secondary N) is 4. The molecular weight excluding hydrogens is 614 g/mol. The number of benzene rings is 2. The van der Waals surface area contributed by atoms with Gasteiger partial charge in [0.05, 0.1) is 6.04 Å². The fourth-order valence-electron chi connectivity index (χ4n) is 5.70. The fraction of sp³-hybridized carbons (Fsp3) is 0.529. The Morgan fingerprint density at radius 1 is 0.917 bits per heavy atom. The quantitative estimate of drug-likeness (QED) is 0.116. The number of aromatic hydroxyl groups is 1. The Balaban J connectivity index is 1.98. The number of rotatable bonds is 14. The summed E-state index contributed by atoms with van der Waals surface area (Å²) < 4.78 is 0. The van der Waals surface area contributed by atoms with Crippen LogP contribution in [0.2, 0.25) is 0 Å². The molecule has 6 atom stereocenters. The summed E-state index contributed by atoms with van der Waals surface area (Å²) in [6, 6.07) is 8.03. The maximum Gasteiger partial charge on any atom is 0.243 e. The number of fused-ring (bicyclic) bond motifs is 5. The van der Waals surface area contributed by atoms with Crippen molar-refractivity contribution >= 4 is 23.6 Å². The van der Waals surface area contributed by atoms with Crippen molar-refractivity contribution in [3.8, 4) is 16.9 Å². The second-order valence-electron chi connectivity index (χ2n) is 12.6. The van der Waals surface area contributed by atoms with Gasteiger partial charge in [-0.25, -0.2) is 0 Å². The second-order valence-corrected chi connectivity index (χ2v) is 12.6. The second kappa shape index (κ2) is 19.1. The van der Waals surface area contributed by atoms with Crippen molar-refractivity contribution in [3.05, 3.63) is 53.6 Å². The van der Waals surface area contributed by atoms with Crippen LogP contribution in [0.5, 0.6) is 5.75 Å². The molecule has 48 heavy (non-hydrogen) atoms. The molecule has 1 aliphatic heterocycles. The third-order valence-corrected chi connectivity index (χ3v) is 8.61. The molecule has 0 aliphatic carbocycles. The number of hydrogen-bond donors (Lipinski definition) is 10. The molecule has 14 heteroatoms. The Bertz CT molecular complexity index is 1390. The van der Waals surface area contributed by atoms with Gasteiger partial charge in [0.1, 0.15) is 23.9 Å². The normalized spacial score (nSPS) is 20.2. The highest BCUT2D eigenvalue weighted by atomic mass is 16.3. The summed E-state index contributed by atoms with van der Waals surface area (Å²) >= 11 is 0. The van der Waals surface area contributed by atoms with Gasteiger partial charge in [-0.2, -0.15) is 0 Å². The standard InChI is InChI=1S/C34H53N9O5/c1-20(11-14-37)30-34(48)42-28(33(47)41-27(8-4-13-36)32(46)40-19-25(38)7-3-12-35)16-21-5-2-6-22(15-21)23-9-10-29(44)24(17-23)18-26(39)31(45)43-30/h2,5-6,9-10,15,17,20,25-28,30,44H,3-4,7-8,11-14,16,18-19,35-39H2,1H3,(H,40,46)(H,41,47)(H,42,48)(H,43,45)/t20-,25-,26-,27-,28-,30-/m0/s1. The summed E-state index contributed by atoms with van der Waals surface area (Å²) in [5, 5.41) is 21.8. The van der Waals surface area contributed by atoms with Gasteiger partial charge in [-0.3, -0.25) is 19.2 Å². The molecule has 3 rings (SSSR count). The number of carbonyl (C=O) groups is 4. The predicted octanol–water partition coefficient (Wildman–Crippen LogP) is -1.15. The van der Waals surface area contributed by atoms with E-state index in [1.807, 2.05) is 24.3 Å². The predicted molar refractivity (Wildman–Crippen MR) is 185 cm³/mol. The van der Waals surface area contributed by atoms with Gasteiger partial charge in [0.2, 0.25) is 23.6 Å². The minimum absolute atomic E-state index is 0.00392. The molecule has 0 saturated heterocycles. The molecule has 4 bridgehead atoms. The number of phenolic OH excluding ortho intramolecular Hbond substituents is 1. The van der Waals surface area contributed by atoms with Gasteiger partial charge in [-0.05, 0) is 92.0 Å². The number of hydrogen-bond acceptors (Lipinski definition) is 10. The van der Waals surface area contributed by atoms with Gasteiger partial charge in [0.15, 0.2) is 0 Å². The molecule has 1 aliphatic rings. The summed E-state index contributed by atoms with van der Waals surface area (Å²) in [5.41, 5.74) is 32.3. The lowest BCUT2D eigenvalue weighted by Crippen LogP contribution is -2.60. The number of carbonyl (C=O) groups excluding carboxylic acids is 4. The van der Waals surface area contributed by atoms with Gasteiger partial charge in [0, 0.05) is 25.4 Å². The average molecular weight is 668 g/mol. The lowest BCUT2D eigenvalue weighted by molar-refractivity contribution is -0.134. The van der Waals surface area contributed by atoms with Crippen molar-refractivity contribution < 1.29 is 24.3 Å². The van der Waals surface area contributed by atoms with E-state index in [0.29, 0.717) is 37.9 Å². The third kappa shape index (κ3) is 11.3. The Morgan fingerprint density at radius 3 is 2.33 bits per heavy atom. The Morgan fingerprint density at radius 2 is 1.62 bits per heavy atom. The van der Waals surface area contributed by atoms with Crippen LogP contribution in [0.4, 0.5) is 0 Å². The fourth-order valence-corrected chi connectivity index (χ4v) is 5.70. The molecule has 15 N–H and O–H groups in total. The molecule has 264 valence electrons. The van der Waals surface area contributed by atoms with Crippen LogP contribution in [-0.4, -0.2) is 85.1 Å². The molecule has 0 fully saturated rings. The van der Waals surface area contributed by atoms with E-state index in [1.54, 1.807) is 25.1 Å². The van der Waals surface area contributed by atoms with E-state index in [9.17, 15) is 24.3 Å². The minimum Gasteiger partial charge on any atom is -0.508 e. The van der Waals surface area contributed by atoms with Gasteiger partial charge in [-0.1, -0.05) is 37.3 Å². The van der Waals surface area contributed by atoms with Crippen LogP contribution in [0.3, 0.4) is 0 Å². The van der Waals surface area contributed by atoms with Crippen molar-refractivity contribution in [1.29, 1.82) is 0 Å². The molecule has 0 radical (unpaired) electrons. The molecule has 2 aromatic carbocycles. The number of amides is 4. The van der Waals surface area contributed by atoms with E-state index in [2.05, 4.69) is 21.3 Å². The Kier molecular flexibility index (Phi) is 15.2. The zero-order chi connectivity index (χ0) is 35.2. The van der Waals surface area contributed by atoms with Gasteiger partial charge >= 0.3 is 0 Å². The molecule has 0 unspecified atom stereocenters. The van der Waals surface area contributed by atoms with Gasteiger partial charge in [-0.15, -0.1) is 0 Å². The first-order valence-electron chi connectivity index (χ1n) is 16.7. The lowest BCUT2D eigenvalue weighted by Gasteiger charge is -2.29. The highest BCUT2D eigenvalue weighted by molar-refractivity contribution is 5.95. The molecule has 0 saturated carbocycles. The zero-order valence-corrected chi connectivity index (χ0v) is 27.8. The minimum atomic E-state index is -1.12. The highest BCUT2D eigenvalue weighted by Gasteiger charge is 2.33. The van der Waals surface area contributed by atoms with Crippen molar-refractivity contribution in [2.24, 2.45) is 34.6 Å². The van der Waals surface area contributed by atoms with E-state index in [-0.39, 0.29) is 44.1 Å². The van der Waals surface area contributed by atoms with Crippen LogP contribution in [-0.2, 0) is 32.0 Å². The lowest BCUT2D eigenvalue weighted by atomic mass is 9.95. The maximum atomic E-state index is 14.0. The first-order chi connectivity index (χ1) is 23.0. The Hall–Kier alpha value is -4.08. The topological polar surface area (TPSA) is 267 Å². The smallest absolute Gasteiger partial charge is 0.243 e. The van der Waals surface area contributed by atoms with Gasteiger partial charge in [0.25, 0.3) is 0 Å². The summed E-state index contributed by atoms with van der Waals surface area (Å²) in [4.78, 5) is 54.4. The van der Waals surface area contributed by atoms with Crippen molar-refractivity contribution in [2.45, 2.75) is 82.1 Å². The molecule has 4 amide bonds. The van der Waals surface area contributed by atoms with E-state index < -0.39 is 53.7 Å². The molecule has 0 spiro atoms. The maximum absolute atomic E-state index is 14.0. The van der Waals surface area contributed by atoms with Gasteiger partial charge < -0.3 is 55.0 Å². The summed E-state index contributed by atoms with van der Waals surface area (Å²) in [7, 11) is 0. The molecule has 14 nitrogen and oxygen atoms in total. The molecule has 0 aromatic heterocycles. The molecular formula is C34H53N9O5. The summed E-state index contributed by atoms with van der Waals surface area (Å²) in [5.74, 6) is -2.59. The SMILES string of the molecule is C[C@@H](CCN)[C@@H]1NC(=O)[C@@H](N)Cc2cc(ccc2O)-c2cccc(c2)C[C@@H](C(=O)N[C@@H](CCCN)C(=O)NC[C@@H](N)CCCN)NC1=O. The first-order valence-corrected chi connectivity index (χ1v) is 16.7. The van der Waals surface area contributed by atoms with E-state index in [4.69, 9.17) is 28.7 Å². The van der Waals surface area contributed by atoms with Crippen LogP contribution < -0.4 is 49.9 Å². The third-order valence-electron chi connectivity index (χ3n) is 8.61. The Labute approximate surface area is 282 Å². The van der Waals surface area contributed by atoms with Crippen molar-refractivity contribution in [1.82, 2.24) is 21.3 Å². The monoisotopic (exact) mass is 667 g/mol. The van der Waals surface area contributed by atoms with Crippen LogP contribution >= 0.6 is 0 Å². The average Bonchev–Trinajstić information content (AvgIpc) is 3.07. The van der Waals surface area contributed by atoms with E-state index in [1.165, 1.54) is 0 Å². The van der Waals surface area contributed by atoms with E-state index >= 15 is 0 Å². The number of nitrogens with two attached hydrogens (primary N) is 5. The van der Waals surface area contributed by atoms with Crippen molar-refractivity contribution in [2.75, 3.05) is 26.2 Å². The first kappa shape index (κ1) is 38.4. The number of phenols is 1. The van der Waals surface area contributed by atoms with Crippen LogP contribution in [0.1, 0.15) is 50.2 Å². The van der Waals surface area contributed by atoms with Crippen LogP contribution in [0.25, 0.3) is 11.1 Å². The highest BCUT2D eigenvalue weighted by Crippen LogP contribution is 2.28.